The summed E-state index contributed by atoms with van der Waals surface area (Å²) in [7, 11) is 2.65. The Balaban J connectivity index is 2.03. The van der Waals surface area contributed by atoms with E-state index in [0.29, 0.717) is 18.8 Å². The molecule has 0 saturated carbocycles. The number of rotatable bonds is 15. The van der Waals surface area contributed by atoms with Crippen LogP contribution in [0.5, 0.6) is 0 Å². The van der Waals surface area contributed by atoms with Crippen LogP contribution in [0.2, 0.25) is 0 Å². The lowest BCUT2D eigenvalue weighted by Crippen LogP contribution is -2.37. The molecule has 0 aromatic rings. The van der Waals surface area contributed by atoms with Crippen LogP contribution in [0.25, 0.3) is 0 Å². The summed E-state index contributed by atoms with van der Waals surface area (Å²) in [6, 6.07) is -1.91. The summed E-state index contributed by atoms with van der Waals surface area (Å²) in [4.78, 5) is 20.2. The maximum absolute atomic E-state index is 12.8. The second-order valence-electron chi connectivity index (χ2n) is 9.10. The molecule has 2 fully saturated rings. The number of hydrogen-bond donors (Lipinski definition) is 3. The first-order valence-corrected chi connectivity index (χ1v) is 15.1. The van der Waals surface area contributed by atoms with Gasteiger partial charge in [0.2, 0.25) is 0 Å². The van der Waals surface area contributed by atoms with Gasteiger partial charge < -0.3 is 24.4 Å². The molecule has 15 heteroatoms. The van der Waals surface area contributed by atoms with Gasteiger partial charge in [-0.2, -0.15) is 0 Å². The van der Waals surface area contributed by atoms with Crippen molar-refractivity contribution in [3.8, 4) is 0 Å². The van der Waals surface area contributed by atoms with Crippen molar-refractivity contribution in [1.29, 1.82) is 0 Å². The Hall–Kier alpha value is 0.230. The highest BCUT2D eigenvalue weighted by Gasteiger charge is 2.48. The van der Waals surface area contributed by atoms with Crippen LogP contribution in [-0.2, 0) is 36.7 Å². The van der Waals surface area contributed by atoms with E-state index in [1.165, 1.54) is 6.92 Å². The second-order valence-corrected chi connectivity index (χ2v) is 11.9. The SMILES string of the molecule is [B][C@@H]1O[C@H](CC)[C@H](OP(=O)(O)OC[C@H]2O[C@@H]([B])[C@@H](O)C2OP(=O)(O)OCC)[C@@H]1CC[C@@H](C)CCC. The van der Waals surface area contributed by atoms with E-state index in [1.54, 1.807) is 0 Å². The van der Waals surface area contributed by atoms with Gasteiger partial charge in [0.05, 0.1) is 19.3 Å². The lowest BCUT2D eigenvalue weighted by atomic mass is 9.80. The quantitative estimate of drug-likeness (QED) is 0.208. The van der Waals surface area contributed by atoms with E-state index in [2.05, 4.69) is 18.4 Å². The van der Waals surface area contributed by atoms with Crippen LogP contribution in [0.3, 0.4) is 0 Å². The topological polar surface area (TPSA) is 150 Å². The van der Waals surface area contributed by atoms with Crippen LogP contribution in [0, 0.1) is 11.8 Å². The molecule has 2 rings (SSSR count). The van der Waals surface area contributed by atoms with E-state index in [4.69, 9.17) is 38.7 Å². The van der Waals surface area contributed by atoms with E-state index in [1.807, 2.05) is 6.92 Å². The van der Waals surface area contributed by atoms with Crippen LogP contribution in [0.15, 0.2) is 0 Å². The molecule has 2 aliphatic heterocycles. The number of ether oxygens (including phenoxy) is 2. The van der Waals surface area contributed by atoms with Gasteiger partial charge in [-0.1, -0.05) is 40.0 Å². The summed E-state index contributed by atoms with van der Waals surface area (Å²) in [6.45, 7) is 6.89. The molecule has 3 unspecified atom stereocenters. The van der Waals surface area contributed by atoms with Crippen LogP contribution in [0.4, 0.5) is 0 Å². The fraction of sp³-hybridized carbons (Fsp3) is 1.00. The molecule has 2 aliphatic rings. The van der Waals surface area contributed by atoms with Crippen LogP contribution >= 0.6 is 15.6 Å². The van der Waals surface area contributed by atoms with Crippen molar-refractivity contribution in [2.24, 2.45) is 11.8 Å². The molecule has 3 N–H and O–H groups in total. The van der Waals surface area contributed by atoms with Crippen molar-refractivity contribution in [1.82, 2.24) is 0 Å². The third-order valence-electron chi connectivity index (χ3n) is 6.29. The van der Waals surface area contributed by atoms with E-state index in [0.717, 1.165) is 19.3 Å². The van der Waals surface area contributed by atoms with Gasteiger partial charge in [0.25, 0.3) is 0 Å². The third-order valence-corrected chi connectivity index (χ3v) is 8.37. The number of phosphoric acid groups is 2. The molecule has 11 nitrogen and oxygen atoms in total. The van der Waals surface area contributed by atoms with Gasteiger partial charge in [0.1, 0.15) is 40.1 Å². The minimum Gasteiger partial charge on any atom is -0.388 e. The fourth-order valence-electron chi connectivity index (χ4n) is 4.49. The molecule has 0 amide bonds. The zero-order valence-corrected chi connectivity index (χ0v) is 22.6. The summed E-state index contributed by atoms with van der Waals surface area (Å²) in [5, 5.41) is 10.2. The molecular weight excluding hydrogens is 500 g/mol. The van der Waals surface area contributed by atoms with Crippen LogP contribution < -0.4 is 0 Å². The molecule has 4 radical (unpaired) electrons. The largest absolute Gasteiger partial charge is 0.472 e. The molecule has 11 atom stereocenters. The second kappa shape index (κ2) is 13.9. The maximum Gasteiger partial charge on any atom is 0.472 e. The number of aliphatic hydroxyl groups excluding tert-OH is 1. The molecular formula is C20H38B2O11P2. The van der Waals surface area contributed by atoms with Crippen LogP contribution in [-0.4, -0.2) is 86.3 Å². The van der Waals surface area contributed by atoms with Crippen LogP contribution in [0.1, 0.15) is 59.8 Å². The summed E-state index contributed by atoms with van der Waals surface area (Å²) in [6.07, 6.45) is -1.24. The number of phosphoric ester groups is 2. The molecule has 2 saturated heterocycles. The van der Waals surface area contributed by atoms with E-state index < -0.39 is 64.8 Å². The Bertz CT molecular complexity index is 748. The van der Waals surface area contributed by atoms with E-state index in [-0.39, 0.29) is 12.5 Å². The molecule has 2 heterocycles. The van der Waals surface area contributed by atoms with Gasteiger partial charge >= 0.3 is 15.6 Å². The standard InChI is InChI=1S/C20H38B2O11P2/c1-5-8-12(4)9-10-13-17(14(6-2)30-19(13)21)32-35(26,27)29-11-15-18(16(23)20(22)31-15)33-34(24,25)28-7-3/h12-20,23H,5-11H2,1-4H3,(H,24,25)(H,26,27)/t12-,13-,14+,15+,16-,17+,18?,19+,20+/m0/s1. The van der Waals surface area contributed by atoms with Crippen molar-refractivity contribution in [3.63, 3.8) is 0 Å². The summed E-state index contributed by atoms with van der Waals surface area (Å²) in [5.41, 5.74) is 0. The monoisotopic (exact) mass is 538 g/mol. The Morgan fingerprint density at radius 2 is 1.51 bits per heavy atom. The van der Waals surface area contributed by atoms with E-state index >= 15 is 0 Å². The van der Waals surface area contributed by atoms with Gasteiger partial charge in [-0.25, -0.2) is 9.13 Å². The highest BCUT2D eigenvalue weighted by atomic mass is 31.2. The minimum absolute atomic E-state index is 0.118. The first-order valence-electron chi connectivity index (χ1n) is 12.2. The lowest BCUT2D eigenvalue weighted by molar-refractivity contribution is -0.0232. The zero-order chi connectivity index (χ0) is 26.4. The van der Waals surface area contributed by atoms with Gasteiger partial charge in [-0.15, -0.1) is 0 Å². The normalized spacial score (nSPS) is 37.7. The Kier molecular flexibility index (Phi) is 12.4. The first kappa shape index (κ1) is 31.4. The predicted octanol–water partition coefficient (Wildman–Crippen LogP) is 2.40. The lowest BCUT2D eigenvalue weighted by Gasteiger charge is -2.27. The van der Waals surface area contributed by atoms with Crippen molar-refractivity contribution in [3.05, 3.63) is 0 Å². The average molecular weight is 538 g/mol. The number of hydrogen-bond acceptors (Lipinski definition) is 9. The molecule has 200 valence electrons. The summed E-state index contributed by atoms with van der Waals surface area (Å²) < 4.78 is 56.2. The number of aliphatic hydroxyl groups is 1. The van der Waals surface area contributed by atoms with Gasteiger partial charge in [-0.05, 0) is 25.7 Å². The molecule has 0 aromatic heterocycles. The van der Waals surface area contributed by atoms with Gasteiger partial charge in [-0.3, -0.25) is 18.1 Å². The Morgan fingerprint density at radius 1 is 0.914 bits per heavy atom. The highest BCUT2D eigenvalue weighted by molar-refractivity contribution is 7.47. The Morgan fingerprint density at radius 3 is 2.11 bits per heavy atom. The first-order chi connectivity index (χ1) is 16.3. The van der Waals surface area contributed by atoms with E-state index in [9.17, 15) is 24.0 Å². The molecule has 0 aliphatic carbocycles. The van der Waals surface area contributed by atoms with Crippen molar-refractivity contribution in [2.75, 3.05) is 13.2 Å². The summed E-state index contributed by atoms with van der Waals surface area (Å²) in [5.74, 6) is 0.167. The highest BCUT2D eigenvalue weighted by Crippen LogP contribution is 2.51. The third kappa shape index (κ3) is 9.18. The minimum atomic E-state index is -4.65. The molecule has 0 bridgehead atoms. The van der Waals surface area contributed by atoms with Gasteiger partial charge in [0.15, 0.2) is 0 Å². The maximum atomic E-state index is 12.8. The summed E-state index contributed by atoms with van der Waals surface area (Å²) >= 11 is 0. The van der Waals surface area contributed by atoms with Gasteiger partial charge in [0, 0.05) is 17.9 Å². The Labute approximate surface area is 210 Å². The molecule has 0 aromatic carbocycles. The molecule has 0 spiro atoms. The van der Waals surface area contributed by atoms with Crippen molar-refractivity contribution < 1.29 is 51.6 Å². The fourth-order valence-corrected chi connectivity index (χ4v) is 6.44. The predicted molar refractivity (Wildman–Crippen MR) is 129 cm³/mol. The molecule has 35 heavy (non-hydrogen) atoms. The smallest absolute Gasteiger partial charge is 0.388 e. The average Bonchev–Trinajstić information content (AvgIpc) is 3.20. The van der Waals surface area contributed by atoms with Crippen molar-refractivity contribution in [2.45, 2.75) is 102 Å². The zero-order valence-electron chi connectivity index (χ0n) is 20.8. The van der Waals surface area contributed by atoms with Crippen molar-refractivity contribution >= 4 is 31.3 Å².